The minimum atomic E-state index is -3.85. The number of carbonyl (C=O) groups is 1. The van der Waals surface area contributed by atoms with E-state index in [-0.39, 0.29) is 34.0 Å². The van der Waals surface area contributed by atoms with Crippen molar-refractivity contribution in [2.24, 2.45) is 5.92 Å². The van der Waals surface area contributed by atoms with Crippen molar-refractivity contribution in [1.82, 2.24) is 0 Å². The van der Waals surface area contributed by atoms with E-state index < -0.39 is 21.8 Å². The molecule has 33 heavy (non-hydrogen) atoms. The summed E-state index contributed by atoms with van der Waals surface area (Å²) < 4.78 is 41.5. The molecule has 0 bridgehead atoms. The largest absolute Gasteiger partial charge is 0.478 e. The van der Waals surface area contributed by atoms with Crippen molar-refractivity contribution < 1.29 is 22.7 Å². The average molecular weight is 465 g/mol. The van der Waals surface area contributed by atoms with Crippen LogP contribution in [0, 0.1) is 11.7 Å². The number of hydrogen-bond donors (Lipinski definition) is 3. The van der Waals surface area contributed by atoms with E-state index >= 15 is 0 Å². The minimum absolute atomic E-state index is 0.0276. The topological polar surface area (TPSA) is 95.5 Å². The summed E-state index contributed by atoms with van der Waals surface area (Å²) >= 11 is 0. The molecule has 1 aliphatic carbocycles. The van der Waals surface area contributed by atoms with Gasteiger partial charge in [0.15, 0.2) is 0 Å². The molecule has 2 aliphatic rings. The molecule has 3 N–H and O–H groups in total. The molecule has 0 fully saturated rings. The third kappa shape index (κ3) is 3.98. The van der Waals surface area contributed by atoms with Gasteiger partial charge in [-0.15, -0.1) is 0 Å². The van der Waals surface area contributed by atoms with Crippen LogP contribution < -0.4 is 10.0 Å². The second-order valence-electron chi connectivity index (χ2n) is 8.26. The molecule has 0 saturated heterocycles. The lowest BCUT2D eigenvalue weighted by molar-refractivity contribution is 0.0697. The molecule has 8 heteroatoms. The molecule has 0 amide bonds. The Balaban J connectivity index is 1.46. The fourth-order valence-electron chi connectivity index (χ4n) is 4.63. The lowest BCUT2D eigenvalue weighted by Crippen LogP contribution is -2.29. The lowest BCUT2D eigenvalue weighted by Gasteiger charge is -2.37. The lowest BCUT2D eigenvalue weighted by atomic mass is 9.77. The second kappa shape index (κ2) is 8.04. The van der Waals surface area contributed by atoms with Gasteiger partial charge in [0.1, 0.15) is 5.82 Å². The fourth-order valence-corrected chi connectivity index (χ4v) is 5.73. The molecular formula is C25H21FN2O4S. The van der Waals surface area contributed by atoms with Crippen LogP contribution in [0.25, 0.3) is 0 Å². The SMILES string of the molecule is O=C(O)c1ccc([C@H]2Nc3ccc(S(=O)(=O)Nc4ccc(F)cc4)cc3C3C=CCC32)cc1. The number of fused-ring (bicyclic) bond motifs is 3. The van der Waals surface area contributed by atoms with Crippen molar-refractivity contribution in [3.63, 3.8) is 0 Å². The summed E-state index contributed by atoms with van der Waals surface area (Å²) in [5.41, 5.74) is 3.25. The van der Waals surface area contributed by atoms with Crippen molar-refractivity contribution >= 4 is 27.4 Å². The first-order valence-corrected chi connectivity index (χ1v) is 12.0. The number of aromatic carboxylic acids is 1. The Kier molecular flexibility index (Phi) is 5.17. The Morgan fingerprint density at radius 2 is 1.76 bits per heavy atom. The van der Waals surface area contributed by atoms with Crippen LogP contribution >= 0.6 is 0 Å². The van der Waals surface area contributed by atoms with Gasteiger partial charge in [0.25, 0.3) is 10.0 Å². The summed E-state index contributed by atoms with van der Waals surface area (Å²) in [6.45, 7) is 0. The molecule has 3 aromatic rings. The van der Waals surface area contributed by atoms with Crippen molar-refractivity contribution in [3.8, 4) is 0 Å². The highest BCUT2D eigenvalue weighted by atomic mass is 32.2. The number of halogens is 1. The third-order valence-corrected chi connectivity index (χ3v) is 7.64. The van der Waals surface area contributed by atoms with Gasteiger partial charge in [0, 0.05) is 17.3 Å². The van der Waals surface area contributed by atoms with Crippen LogP contribution in [0.5, 0.6) is 0 Å². The number of anilines is 2. The van der Waals surface area contributed by atoms with Gasteiger partial charge >= 0.3 is 5.97 Å². The Bertz CT molecular complexity index is 1350. The van der Waals surface area contributed by atoms with Gasteiger partial charge in [0.05, 0.1) is 16.5 Å². The molecule has 0 spiro atoms. The number of allylic oxidation sites excluding steroid dienone is 2. The first-order chi connectivity index (χ1) is 15.8. The Morgan fingerprint density at radius 1 is 1.03 bits per heavy atom. The maximum atomic E-state index is 13.1. The van der Waals surface area contributed by atoms with E-state index in [0.717, 1.165) is 23.2 Å². The van der Waals surface area contributed by atoms with E-state index in [4.69, 9.17) is 5.11 Å². The van der Waals surface area contributed by atoms with Crippen LogP contribution in [-0.2, 0) is 10.0 Å². The summed E-state index contributed by atoms with van der Waals surface area (Å²) in [6, 6.07) is 17.0. The van der Waals surface area contributed by atoms with Gasteiger partial charge in [-0.25, -0.2) is 17.6 Å². The molecule has 0 aromatic heterocycles. The summed E-state index contributed by atoms with van der Waals surface area (Å²) in [5.74, 6) is -1.20. The van der Waals surface area contributed by atoms with Crippen molar-refractivity contribution in [1.29, 1.82) is 0 Å². The predicted octanol–water partition coefficient (Wildman–Crippen LogP) is 5.15. The zero-order valence-corrected chi connectivity index (χ0v) is 18.2. The highest BCUT2D eigenvalue weighted by molar-refractivity contribution is 7.92. The zero-order valence-electron chi connectivity index (χ0n) is 17.4. The highest BCUT2D eigenvalue weighted by Gasteiger charge is 2.38. The van der Waals surface area contributed by atoms with Crippen LogP contribution in [0.2, 0.25) is 0 Å². The van der Waals surface area contributed by atoms with Gasteiger partial charge in [-0.1, -0.05) is 24.3 Å². The quantitative estimate of drug-likeness (QED) is 0.454. The molecule has 2 unspecified atom stereocenters. The van der Waals surface area contributed by atoms with E-state index in [1.165, 1.54) is 24.3 Å². The molecule has 1 aliphatic heterocycles. The van der Waals surface area contributed by atoms with E-state index in [2.05, 4.69) is 22.2 Å². The van der Waals surface area contributed by atoms with Gasteiger partial charge in [0.2, 0.25) is 0 Å². The number of benzene rings is 3. The van der Waals surface area contributed by atoms with E-state index in [9.17, 15) is 17.6 Å². The number of carboxylic acid groups (broad SMARTS) is 1. The van der Waals surface area contributed by atoms with Crippen LogP contribution in [-0.4, -0.2) is 19.5 Å². The highest BCUT2D eigenvalue weighted by Crippen LogP contribution is 2.50. The van der Waals surface area contributed by atoms with Gasteiger partial charge in [-0.3, -0.25) is 4.72 Å². The third-order valence-electron chi connectivity index (χ3n) is 6.26. The van der Waals surface area contributed by atoms with Crippen LogP contribution in [0.4, 0.5) is 15.8 Å². The van der Waals surface area contributed by atoms with Crippen LogP contribution in [0.15, 0.2) is 83.8 Å². The van der Waals surface area contributed by atoms with Crippen molar-refractivity contribution in [2.75, 3.05) is 10.0 Å². The van der Waals surface area contributed by atoms with E-state index in [1.807, 2.05) is 12.1 Å². The van der Waals surface area contributed by atoms with Gasteiger partial charge in [-0.05, 0) is 78.1 Å². The standard InChI is InChI=1S/C25H21FN2O4S/c26-17-8-10-18(11-9-17)28-33(31,32)19-12-13-23-22(14-19)20-2-1-3-21(20)24(27-23)15-4-6-16(7-5-15)25(29)30/h1-2,4-14,20-21,24,27-28H,3H2,(H,29,30)/t20?,21?,24-/m1/s1. The van der Waals surface area contributed by atoms with Crippen molar-refractivity contribution in [2.45, 2.75) is 23.3 Å². The number of sulfonamides is 1. The Hall–Kier alpha value is -3.65. The maximum Gasteiger partial charge on any atom is 0.335 e. The molecule has 0 saturated carbocycles. The average Bonchev–Trinajstić information content (AvgIpc) is 3.30. The van der Waals surface area contributed by atoms with Crippen LogP contribution in [0.1, 0.15) is 39.9 Å². The maximum absolute atomic E-state index is 13.1. The van der Waals surface area contributed by atoms with Gasteiger partial charge in [-0.2, -0.15) is 0 Å². The summed E-state index contributed by atoms with van der Waals surface area (Å²) in [7, 11) is -3.85. The van der Waals surface area contributed by atoms with E-state index in [0.29, 0.717) is 0 Å². The first kappa shape index (κ1) is 21.2. The normalized spacial score (nSPS) is 21.1. The Morgan fingerprint density at radius 3 is 2.45 bits per heavy atom. The molecule has 6 nitrogen and oxygen atoms in total. The molecule has 0 radical (unpaired) electrons. The zero-order chi connectivity index (χ0) is 23.2. The summed E-state index contributed by atoms with van der Waals surface area (Å²) in [6.07, 6.45) is 5.03. The Labute approximate surface area is 190 Å². The molecular weight excluding hydrogens is 443 g/mol. The fraction of sp³-hybridized carbons (Fsp3) is 0.160. The smallest absolute Gasteiger partial charge is 0.335 e. The second-order valence-corrected chi connectivity index (χ2v) is 9.95. The number of hydrogen-bond acceptors (Lipinski definition) is 4. The number of carboxylic acids is 1. The minimum Gasteiger partial charge on any atom is -0.478 e. The first-order valence-electron chi connectivity index (χ1n) is 10.5. The summed E-state index contributed by atoms with van der Waals surface area (Å²) in [5, 5.41) is 12.7. The van der Waals surface area contributed by atoms with Crippen molar-refractivity contribution in [3.05, 3.63) is 101 Å². The molecule has 168 valence electrons. The van der Waals surface area contributed by atoms with Gasteiger partial charge < -0.3 is 10.4 Å². The molecule has 3 aromatic carbocycles. The van der Waals surface area contributed by atoms with Crippen LogP contribution in [0.3, 0.4) is 0 Å². The molecule has 5 rings (SSSR count). The number of rotatable bonds is 5. The number of nitrogens with one attached hydrogen (secondary N) is 2. The summed E-state index contributed by atoms with van der Waals surface area (Å²) in [4.78, 5) is 11.3. The van der Waals surface area contributed by atoms with E-state index in [1.54, 1.807) is 30.3 Å². The molecule has 1 heterocycles. The predicted molar refractivity (Wildman–Crippen MR) is 123 cm³/mol. The molecule has 3 atom stereocenters. The monoisotopic (exact) mass is 464 g/mol.